The van der Waals surface area contributed by atoms with Crippen LogP contribution in [-0.4, -0.2) is 5.91 Å². The lowest BCUT2D eigenvalue weighted by Crippen LogP contribution is -2.23. The Hall–Kier alpha value is -1.82. The van der Waals surface area contributed by atoms with Crippen molar-refractivity contribution < 1.29 is 18.0 Å². The van der Waals surface area contributed by atoms with Crippen LogP contribution in [0.1, 0.15) is 31.2 Å². The fraction of sp³-hybridized carbons (Fsp3) is 0.267. The third kappa shape index (κ3) is 3.85. The number of hydrogen-bond donors (Lipinski definition) is 1. The molecule has 0 saturated heterocycles. The molecule has 2 rings (SSSR count). The van der Waals surface area contributed by atoms with Crippen LogP contribution < -0.4 is 5.32 Å². The van der Waals surface area contributed by atoms with Gasteiger partial charge in [-0.15, -0.1) is 11.3 Å². The molecule has 1 aromatic heterocycles. The van der Waals surface area contributed by atoms with E-state index in [0.717, 1.165) is 21.9 Å². The molecule has 1 N–H and O–H groups in total. The highest BCUT2D eigenvalue weighted by molar-refractivity contribution is 7.12. The monoisotopic (exact) mass is 313 g/mol. The molecule has 112 valence electrons. The average Bonchev–Trinajstić information content (AvgIpc) is 2.74. The van der Waals surface area contributed by atoms with E-state index in [2.05, 4.69) is 5.32 Å². The number of carbonyl (C=O) groups is 1. The van der Waals surface area contributed by atoms with Crippen LogP contribution in [-0.2, 0) is 12.7 Å². The molecule has 0 atom stereocenters. The molecular formula is C15H14F3NOS. The first-order valence-electron chi connectivity index (χ1n) is 6.29. The highest BCUT2D eigenvalue weighted by atomic mass is 32.1. The zero-order valence-electron chi connectivity index (χ0n) is 11.5. The summed E-state index contributed by atoms with van der Waals surface area (Å²) < 4.78 is 37.3. The molecule has 0 bridgehead atoms. The van der Waals surface area contributed by atoms with Gasteiger partial charge in [0.2, 0.25) is 0 Å². The van der Waals surface area contributed by atoms with E-state index in [0.29, 0.717) is 11.1 Å². The van der Waals surface area contributed by atoms with E-state index < -0.39 is 11.7 Å². The third-order valence-corrected chi connectivity index (χ3v) is 3.99. The summed E-state index contributed by atoms with van der Waals surface area (Å²) in [5.41, 5.74) is 0.548. The standard InChI is InChI=1S/C15H14F3NOS/c1-9-7-13(10(2)21-9)14(20)19-8-11-3-5-12(6-4-11)15(16,17)18/h3-7H,8H2,1-2H3,(H,19,20). The normalized spacial score (nSPS) is 11.5. The first-order valence-corrected chi connectivity index (χ1v) is 7.10. The van der Waals surface area contributed by atoms with E-state index in [1.807, 2.05) is 19.9 Å². The lowest BCUT2D eigenvalue weighted by atomic mass is 10.1. The molecule has 6 heteroatoms. The third-order valence-electron chi connectivity index (χ3n) is 3.02. The summed E-state index contributed by atoms with van der Waals surface area (Å²) in [6.07, 6.45) is -4.34. The topological polar surface area (TPSA) is 29.1 Å². The summed E-state index contributed by atoms with van der Waals surface area (Å²) in [5, 5.41) is 2.71. The van der Waals surface area contributed by atoms with Gasteiger partial charge in [0.1, 0.15) is 0 Å². The van der Waals surface area contributed by atoms with Crippen LogP contribution in [0.3, 0.4) is 0 Å². The number of benzene rings is 1. The van der Waals surface area contributed by atoms with Gasteiger partial charge in [-0.25, -0.2) is 0 Å². The van der Waals surface area contributed by atoms with Gasteiger partial charge in [0, 0.05) is 16.3 Å². The van der Waals surface area contributed by atoms with Crippen LogP contribution in [0.4, 0.5) is 13.2 Å². The second-order valence-electron chi connectivity index (χ2n) is 4.70. The predicted molar refractivity (Wildman–Crippen MR) is 76.4 cm³/mol. The lowest BCUT2D eigenvalue weighted by Gasteiger charge is -2.08. The molecule has 0 unspecified atom stereocenters. The van der Waals surface area contributed by atoms with Gasteiger partial charge in [0.05, 0.1) is 11.1 Å². The fourth-order valence-corrected chi connectivity index (χ4v) is 2.87. The maximum Gasteiger partial charge on any atom is 0.416 e. The highest BCUT2D eigenvalue weighted by Gasteiger charge is 2.29. The van der Waals surface area contributed by atoms with Gasteiger partial charge < -0.3 is 5.32 Å². The first-order chi connectivity index (χ1) is 9.77. The molecule has 1 aromatic carbocycles. The van der Waals surface area contributed by atoms with Gasteiger partial charge >= 0.3 is 6.18 Å². The summed E-state index contributed by atoms with van der Waals surface area (Å²) in [5.74, 6) is -0.211. The van der Waals surface area contributed by atoms with E-state index in [9.17, 15) is 18.0 Å². The number of aryl methyl sites for hydroxylation is 2. The van der Waals surface area contributed by atoms with Crippen LogP contribution in [0.2, 0.25) is 0 Å². The van der Waals surface area contributed by atoms with Crippen LogP contribution in [0.15, 0.2) is 30.3 Å². The van der Waals surface area contributed by atoms with Crippen molar-refractivity contribution in [1.82, 2.24) is 5.32 Å². The van der Waals surface area contributed by atoms with Crippen molar-refractivity contribution in [3.63, 3.8) is 0 Å². The minimum absolute atomic E-state index is 0.200. The van der Waals surface area contributed by atoms with E-state index >= 15 is 0 Å². The number of alkyl halides is 3. The molecule has 0 fully saturated rings. The summed E-state index contributed by atoms with van der Waals surface area (Å²) in [4.78, 5) is 14.0. The number of amides is 1. The summed E-state index contributed by atoms with van der Waals surface area (Å²) in [7, 11) is 0. The van der Waals surface area contributed by atoms with Gasteiger partial charge in [-0.05, 0) is 37.6 Å². The molecule has 1 heterocycles. The predicted octanol–water partition coefficient (Wildman–Crippen LogP) is 4.31. The van der Waals surface area contributed by atoms with E-state index in [-0.39, 0.29) is 12.5 Å². The Labute approximate surface area is 124 Å². The number of hydrogen-bond acceptors (Lipinski definition) is 2. The molecule has 0 radical (unpaired) electrons. The Balaban J connectivity index is 2.00. The maximum absolute atomic E-state index is 12.4. The van der Waals surface area contributed by atoms with Crippen LogP contribution in [0.5, 0.6) is 0 Å². The molecule has 1 amide bonds. The molecular weight excluding hydrogens is 299 g/mol. The van der Waals surface area contributed by atoms with E-state index in [1.165, 1.54) is 23.5 Å². The molecule has 0 aliphatic heterocycles. The molecule has 0 saturated carbocycles. The number of halogens is 3. The lowest BCUT2D eigenvalue weighted by molar-refractivity contribution is -0.137. The zero-order valence-corrected chi connectivity index (χ0v) is 12.4. The summed E-state index contributed by atoms with van der Waals surface area (Å²) in [6.45, 7) is 3.99. The van der Waals surface area contributed by atoms with Gasteiger partial charge in [-0.3, -0.25) is 4.79 Å². The Kier molecular flexibility index (Phi) is 4.37. The zero-order chi connectivity index (χ0) is 15.6. The summed E-state index contributed by atoms with van der Waals surface area (Å²) in [6, 6.07) is 6.58. The smallest absolute Gasteiger partial charge is 0.348 e. The Morgan fingerprint density at radius 2 is 1.81 bits per heavy atom. The number of thiophene rings is 1. The number of nitrogens with one attached hydrogen (secondary N) is 1. The first kappa shape index (κ1) is 15.6. The minimum Gasteiger partial charge on any atom is -0.348 e. The fourth-order valence-electron chi connectivity index (χ4n) is 1.95. The highest BCUT2D eigenvalue weighted by Crippen LogP contribution is 2.29. The van der Waals surface area contributed by atoms with Crippen molar-refractivity contribution in [2.24, 2.45) is 0 Å². The molecule has 2 aromatic rings. The van der Waals surface area contributed by atoms with Crippen LogP contribution in [0, 0.1) is 13.8 Å². The number of carbonyl (C=O) groups excluding carboxylic acids is 1. The van der Waals surface area contributed by atoms with Crippen molar-refractivity contribution in [1.29, 1.82) is 0 Å². The maximum atomic E-state index is 12.4. The molecule has 0 aliphatic rings. The van der Waals surface area contributed by atoms with Gasteiger partial charge in [-0.2, -0.15) is 13.2 Å². The van der Waals surface area contributed by atoms with Crippen molar-refractivity contribution >= 4 is 17.2 Å². The largest absolute Gasteiger partial charge is 0.416 e. The van der Waals surface area contributed by atoms with Crippen LogP contribution >= 0.6 is 11.3 Å². The minimum atomic E-state index is -4.34. The van der Waals surface area contributed by atoms with Crippen LogP contribution in [0.25, 0.3) is 0 Å². The average molecular weight is 313 g/mol. The second-order valence-corrected chi connectivity index (χ2v) is 6.16. The SMILES string of the molecule is Cc1cc(C(=O)NCc2ccc(C(F)(F)F)cc2)c(C)s1. The van der Waals surface area contributed by atoms with Gasteiger partial charge in [-0.1, -0.05) is 12.1 Å². The molecule has 2 nitrogen and oxygen atoms in total. The Morgan fingerprint density at radius 1 is 1.19 bits per heavy atom. The van der Waals surface area contributed by atoms with Crippen molar-refractivity contribution in [3.8, 4) is 0 Å². The Morgan fingerprint density at radius 3 is 2.29 bits per heavy atom. The van der Waals surface area contributed by atoms with Gasteiger partial charge in [0.15, 0.2) is 0 Å². The summed E-state index contributed by atoms with van der Waals surface area (Å²) >= 11 is 1.54. The van der Waals surface area contributed by atoms with E-state index in [1.54, 1.807) is 0 Å². The second kappa shape index (κ2) is 5.89. The van der Waals surface area contributed by atoms with Crippen molar-refractivity contribution in [3.05, 3.63) is 56.8 Å². The van der Waals surface area contributed by atoms with Crippen molar-refractivity contribution in [2.75, 3.05) is 0 Å². The molecule has 21 heavy (non-hydrogen) atoms. The quantitative estimate of drug-likeness (QED) is 0.898. The number of rotatable bonds is 3. The van der Waals surface area contributed by atoms with E-state index in [4.69, 9.17) is 0 Å². The molecule has 0 aliphatic carbocycles. The molecule has 0 spiro atoms. The van der Waals surface area contributed by atoms with Crippen molar-refractivity contribution in [2.45, 2.75) is 26.6 Å². The van der Waals surface area contributed by atoms with Gasteiger partial charge in [0.25, 0.3) is 5.91 Å². The Bertz CT molecular complexity index is 644.